The molecule has 1 saturated carbocycles. The van der Waals surface area contributed by atoms with Gasteiger partial charge in [-0.15, -0.1) is 0 Å². The quantitative estimate of drug-likeness (QED) is 0.828. The number of anilines is 1. The molecule has 144 valence electrons. The highest BCUT2D eigenvalue weighted by molar-refractivity contribution is 5.92. The fraction of sp³-hybridized carbons (Fsp3) is 0.609. The number of piperazine rings is 1. The van der Waals surface area contributed by atoms with Gasteiger partial charge >= 0.3 is 0 Å². The van der Waals surface area contributed by atoms with Crippen molar-refractivity contribution in [2.24, 2.45) is 0 Å². The van der Waals surface area contributed by atoms with Crippen LogP contribution in [0, 0.1) is 6.92 Å². The maximum atomic E-state index is 4.70. The van der Waals surface area contributed by atoms with Gasteiger partial charge in [-0.3, -0.25) is 14.8 Å². The number of hydrogen-bond acceptors (Lipinski definition) is 4. The third-order valence-corrected chi connectivity index (χ3v) is 6.98. The first-order valence-corrected chi connectivity index (χ1v) is 10.9. The van der Waals surface area contributed by atoms with Gasteiger partial charge in [-0.05, 0) is 31.9 Å². The van der Waals surface area contributed by atoms with Gasteiger partial charge in [0.25, 0.3) is 0 Å². The number of para-hydroxylation sites is 1. The number of rotatable bonds is 3. The molecule has 2 aliphatic heterocycles. The number of fused-ring (bicyclic) bond motifs is 1. The Kier molecular flexibility index (Phi) is 4.78. The Bertz CT molecular complexity index is 784. The molecule has 4 heteroatoms. The zero-order valence-corrected chi connectivity index (χ0v) is 16.6. The van der Waals surface area contributed by atoms with E-state index < -0.39 is 0 Å². The molecule has 4 nitrogen and oxygen atoms in total. The third kappa shape index (κ3) is 3.45. The summed E-state index contributed by atoms with van der Waals surface area (Å²) in [4.78, 5) is 12.8. The van der Waals surface area contributed by atoms with Gasteiger partial charge in [-0.1, -0.05) is 37.5 Å². The molecule has 0 radical (unpaired) electrons. The van der Waals surface area contributed by atoms with Gasteiger partial charge in [0.1, 0.15) is 0 Å². The zero-order chi connectivity index (χ0) is 18.2. The summed E-state index contributed by atoms with van der Waals surface area (Å²) in [6, 6.07) is 12.4. The lowest BCUT2D eigenvalue weighted by molar-refractivity contribution is 0.0489. The summed E-state index contributed by atoms with van der Waals surface area (Å²) >= 11 is 0. The molecular weight excluding hydrogens is 332 g/mol. The van der Waals surface area contributed by atoms with E-state index in [0.29, 0.717) is 0 Å². The highest BCUT2D eigenvalue weighted by atomic mass is 15.4. The van der Waals surface area contributed by atoms with Crippen molar-refractivity contribution in [2.75, 3.05) is 44.2 Å². The van der Waals surface area contributed by atoms with Crippen LogP contribution in [0.5, 0.6) is 0 Å². The Hall–Kier alpha value is -1.65. The molecule has 3 heterocycles. The van der Waals surface area contributed by atoms with E-state index in [2.05, 4.69) is 52.0 Å². The van der Waals surface area contributed by atoms with Crippen LogP contribution in [-0.2, 0) is 0 Å². The molecule has 0 amide bonds. The molecule has 0 N–H and O–H groups in total. The molecule has 0 bridgehead atoms. The largest absolute Gasteiger partial charge is 0.368 e. The summed E-state index contributed by atoms with van der Waals surface area (Å²) in [5, 5.41) is 1.30. The van der Waals surface area contributed by atoms with Crippen LogP contribution >= 0.6 is 0 Å². The van der Waals surface area contributed by atoms with Crippen LogP contribution in [0.4, 0.5) is 5.69 Å². The molecule has 1 aromatic carbocycles. The monoisotopic (exact) mass is 364 g/mol. The summed E-state index contributed by atoms with van der Waals surface area (Å²) in [7, 11) is 0. The second-order valence-electron chi connectivity index (χ2n) is 8.72. The van der Waals surface area contributed by atoms with Gasteiger partial charge in [0.2, 0.25) is 0 Å². The molecule has 1 aromatic heterocycles. The predicted molar refractivity (Wildman–Crippen MR) is 113 cm³/mol. The van der Waals surface area contributed by atoms with E-state index in [1.54, 1.807) is 0 Å². The van der Waals surface area contributed by atoms with Gasteiger partial charge < -0.3 is 4.90 Å². The second kappa shape index (κ2) is 7.40. The van der Waals surface area contributed by atoms with Gasteiger partial charge in [0.15, 0.2) is 0 Å². The van der Waals surface area contributed by atoms with E-state index in [0.717, 1.165) is 36.4 Å². The first-order chi connectivity index (χ1) is 13.3. The summed E-state index contributed by atoms with van der Waals surface area (Å²) in [5.74, 6) is 0. The summed E-state index contributed by atoms with van der Waals surface area (Å²) < 4.78 is 0. The molecule has 27 heavy (non-hydrogen) atoms. The van der Waals surface area contributed by atoms with Crippen LogP contribution in [0.25, 0.3) is 10.9 Å². The highest BCUT2D eigenvalue weighted by Crippen LogP contribution is 2.32. The van der Waals surface area contributed by atoms with Crippen molar-refractivity contribution in [1.29, 1.82) is 0 Å². The molecule has 0 spiro atoms. The summed E-state index contributed by atoms with van der Waals surface area (Å²) in [6.07, 6.45) is 7.22. The fourth-order valence-corrected chi connectivity index (χ4v) is 5.34. The normalized spacial score (nSPS) is 23.7. The molecule has 2 saturated heterocycles. The van der Waals surface area contributed by atoms with Crippen molar-refractivity contribution in [2.45, 2.75) is 51.1 Å². The van der Waals surface area contributed by atoms with Gasteiger partial charge in [0.05, 0.1) is 5.52 Å². The molecular formula is C23H32N4. The number of pyridine rings is 1. The molecule has 1 aliphatic carbocycles. The predicted octanol–water partition coefficient (Wildman–Crippen LogP) is 3.68. The first-order valence-electron chi connectivity index (χ1n) is 10.9. The van der Waals surface area contributed by atoms with Crippen molar-refractivity contribution in [1.82, 2.24) is 14.8 Å². The Labute approximate surface area is 163 Å². The SMILES string of the molecule is Cc1cc(N2CC(N3CCN(C4CCCCC4)CC3)C2)c2ccccc2n1. The third-order valence-electron chi connectivity index (χ3n) is 6.98. The van der Waals surface area contributed by atoms with Crippen LogP contribution in [0.1, 0.15) is 37.8 Å². The molecule has 3 aliphatic rings. The molecule has 3 fully saturated rings. The number of hydrogen-bond donors (Lipinski definition) is 0. The standard InChI is InChI=1S/C23H32N4/c1-18-15-23(21-9-5-6-10-22(21)24-18)27-16-20(17-27)26-13-11-25(12-14-26)19-7-3-2-4-8-19/h5-6,9-10,15,19-20H,2-4,7-8,11-14,16-17H2,1H3. The lowest BCUT2D eigenvalue weighted by atomic mass is 9.93. The minimum Gasteiger partial charge on any atom is -0.368 e. The minimum atomic E-state index is 0.728. The Morgan fingerprint density at radius 2 is 1.52 bits per heavy atom. The maximum absolute atomic E-state index is 4.70. The minimum absolute atomic E-state index is 0.728. The first kappa shape index (κ1) is 17.4. The van der Waals surface area contributed by atoms with E-state index in [1.165, 1.54) is 69.4 Å². The smallest absolute Gasteiger partial charge is 0.0726 e. The fourth-order valence-electron chi connectivity index (χ4n) is 5.34. The van der Waals surface area contributed by atoms with Crippen molar-refractivity contribution < 1.29 is 0 Å². The van der Waals surface area contributed by atoms with E-state index in [1.807, 2.05) is 0 Å². The summed E-state index contributed by atoms with van der Waals surface area (Å²) in [5.41, 5.74) is 3.61. The average Bonchev–Trinajstić information content (AvgIpc) is 2.68. The molecule has 0 unspecified atom stereocenters. The lowest BCUT2D eigenvalue weighted by Crippen LogP contribution is -2.64. The topological polar surface area (TPSA) is 22.6 Å². The van der Waals surface area contributed by atoms with E-state index in [4.69, 9.17) is 4.98 Å². The van der Waals surface area contributed by atoms with Crippen LogP contribution in [0.15, 0.2) is 30.3 Å². The van der Waals surface area contributed by atoms with Crippen molar-refractivity contribution in [3.63, 3.8) is 0 Å². The van der Waals surface area contributed by atoms with Gasteiger partial charge in [-0.2, -0.15) is 0 Å². The Morgan fingerprint density at radius 1 is 0.852 bits per heavy atom. The Balaban J connectivity index is 1.20. The van der Waals surface area contributed by atoms with Crippen LogP contribution in [-0.4, -0.2) is 66.1 Å². The maximum Gasteiger partial charge on any atom is 0.0726 e. The van der Waals surface area contributed by atoms with Crippen molar-refractivity contribution in [3.05, 3.63) is 36.0 Å². The highest BCUT2D eigenvalue weighted by Gasteiger charge is 2.35. The number of benzene rings is 1. The van der Waals surface area contributed by atoms with E-state index in [9.17, 15) is 0 Å². The van der Waals surface area contributed by atoms with E-state index >= 15 is 0 Å². The Morgan fingerprint density at radius 3 is 2.26 bits per heavy atom. The zero-order valence-electron chi connectivity index (χ0n) is 16.6. The van der Waals surface area contributed by atoms with Crippen molar-refractivity contribution in [3.8, 4) is 0 Å². The number of aromatic nitrogens is 1. The molecule has 0 atom stereocenters. The number of aryl methyl sites for hydroxylation is 1. The van der Waals surface area contributed by atoms with Crippen molar-refractivity contribution >= 4 is 16.6 Å². The van der Waals surface area contributed by atoms with Crippen LogP contribution in [0.2, 0.25) is 0 Å². The van der Waals surface area contributed by atoms with Gasteiger partial charge in [-0.25, -0.2) is 0 Å². The van der Waals surface area contributed by atoms with Gasteiger partial charge in [0, 0.05) is 68.1 Å². The molecule has 2 aromatic rings. The van der Waals surface area contributed by atoms with E-state index in [-0.39, 0.29) is 0 Å². The average molecular weight is 365 g/mol. The summed E-state index contributed by atoms with van der Waals surface area (Å²) in [6.45, 7) is 9.50. The van der Waals surface area contributed by atoms with Crippen LogP contribution in [0.3, 0.4) is 0 Å². The molecule has 5 rings (SSSR count). The number of nitrogens with zero attached hydrogens (tertiary/aromatic N) is 4. The lowest BCUT2D eigenvalue weighted by Gasteiger charge is -2.50. The second-order valence-corrected chi connectivity index (χ2v) is 8.72. The van der Waals surface area contributed by atoms with Crippen LogP contribution < -0.4 is 4.90 Å².